The third kappa shape index (κ3) is 4.58. The average molecular weight is 460 g/mol. The zero-order valence-electron chi connectivity index (χ0n) is 20.0. The van der Waals surface area contributed by atoms with Crippen LogP contribution in [0.5, 0.6) is 23.0 Å². The molecule has 0 amide bonds. The maximum Gasteiger partial charge on any atom is 0.160 e. The quantitative estimate of drug-likeness (QED) is 0.516. The van der Waals surface area contributed by atoms with E-state index in [0.29, 0.717) is 18.1 Å². The molecule has 2 aliphatic heterocycles. The number of phenols is 1. The number of nitrogens with zero attached hydrogens (tertiary/aromatic N) is 1. The van der Waals surface area contributed by atoms with E-state index in [1.165, 1.54) is 37.1 Å². The number of ether oxygens (including phenoxy) is 3. The van der Waals surface area contributed by atoms with Crippen LogP contribution in [-0.2, 0) is 6.42 Å². The lowest BCUT2D eigenvalue weighted by Crippen LogP contribution is -2.25. The second kappa shape index (κ2) is 9.98. The van der Waals surface area contributed by atoms with Gasteiger partial charge in [-0.25, -0.2) is 0 Å². The third-order valence-corrected chi connectivity index (χ3v) is 7.24. The van der Waals surface area contributed by atoms with Crippen LogP contribution in [0, 0.1) is 0 Å². The van der Waals surface area contributed by atoms with E-state index >= 15 is 0 Å². The summed E-state index contributed by atoms with van der Waals surface area (Å²) in [7, 11) is 3.31. The van der Waals surface area contributed by atoms with Gasteiger partial charge < -0.3 is 24.2 Å². The first-order valence-electron chi connectivity index (χ1n) is 12.1. The highest BCUT2D eigenvalue weighted by molar-refractivity contribution is 5.52. The Morgan fingerprint density at radius 3 is 2.35 bits per heavy atom. The van der Waals surface area contributed by atoms with Crippen LogP contribution in [0.2, 0.25) is 0 Å². The van der Waals surface area contributed by atoms with E-state index in [0.717, 1.165) is 29.8 Å². The van der Waals surface area contributed by atoms with Gasteiger partial charge in [-0.15, -0.1) is 0 Å². The molecule has 0 bridgehead atoms. The van der Waals surface area contributed by atoms with Crippen LogP contribution in [0.15, 0.2) is 60.7 Å². The van der Waals surface area contributed by atoms with Gasteiger partial charge in [0.05, 0.1) is 20.8 Å². The molecule has 5 nitrogen and oxygen atoms in total. The van der Waals surface area contributed by atoms with Crippen molar-refractivity contribution in [1.82, 2.24) is 4.90 Å². The highest BCUT2D eigenvalue weighted by atomic mass is 16.5. The number of methoxy groups -OCH3 is 2. The SMILES string of the molecule is COc1ccc([C@H]2COc3cc(O)ccc3C2c2ccc(CCN3CCCC3)cc2)cc1OC. The number of rotatable bonds is 7. The average Bonchev–Trinajstić information content (AvgIpc) is 3.40. The first-order chi connectivity index (χ1) is 16.7. The van der Waals surface area contributed by atoms with Gasteiger partial charge in [-0.1, -0.05) is 36.4 Å². The molecule has 0 aromatic heterocycles. The molecule has 5 rings (SSSR count). The van der Waals surface area contributed by atoms with Crippen LogP contribution in [0.3, 0.4) is 0 Å². The van der Waals surface area contributed by atoms with E-state index < -0.39 is 0 Å². The number of aromatic hydroxyl groups is 1. The van der Waals surface area contributed by atoms with E-state index in [2.05, 4.69) is 41.3 Å². The highest BCUT2D eigenvalue weighted by Gasteiger charge is 2.34. The van der Waals surface area contributed by atoms with Crippen LogP contribution < -0.4 is 14.2 Å². The molecule has 0 aliphatic carbocycles. The minimum Gasteiger partial charge on any atom is -0.508 e. The van der Waals surface area contributed by atoms with Crippen LogP contribution in [-0.4, -0.2) is 50.5 Å². The van der Waals surface area contributed by atoms with E-state index in [1.54, 1.807) is 26.4 Å². The van der Waals surface area contributed by atoms with Crippen molar-refractivity contribution in [2.45, 2.75) is 31.1 Å². The fourth-order valence-electron chi connectivity index (χ4n) is 5.37. The predicted molar refractivity (Wildman–Crippen MR) is 134 cm³/mol. The summed E-state index contributed by atoms with van der Waals surface area (Å²) >= 11 is 0. The van der Waals surface area contributed by atoms with Crippen molar-refractivity contribution in [3.8, 4) is 23.0 Å². The van der Waals surface area contributed by atoms with Gasteiger partial charge in [0, 0.05) is 30.0 Å². The minimum absolute atomic E-state index is 0.104. The number of phenolic OH excluding ortho intramolecular Hbond substituents is 1. The fourth-order valence-corrected chi connectivity index (χ4v) is 5.37. The molecule has 3 aromatic carbocycles. The predicted octanol–water partition coefficient (Wildman–Crippen LogP) is 5.36. The number of hydrogen-bond donors (Lipinski definition) is 1. The topological polar surface area (TPSA) is 51.2 Å². The van der Waals surface area contributed by atoms with Gasteiger partial charge in [-0.2, -0.15) is 0 Å². The number of benzene rings is 3. The molecule has 1 unspecified atom stereocenters. The Bertz CT molecular complexity index is 1120. The maximum absolute atomic E-state index is 10.0. The smallest absolute Gasteiger partial charge is 0.160 e. The first-order valence-corrected chi connectivity index (χ1v) is 12.1. The van der Waals surface area contributed by atoms with Crippen LogP contribution in [0.25, 0.3) is 0 Å². The number of likely N-dealkylation sites (tertiary alicyclic amines) is 1. The summed E-state index contributed by atoms with van der Waals surface area (Å²) in [5, 5.41) is 10.0. The summed E-state index contributed by atoms with van der Waals surface area (Å²) in [6.45, 7) is 4.12. The Kier molecular flexibility index (Phi) is 6.63. The fraction of sp³-hybridized carbons (Fsp3) is 0.379. The number of hydrogen-bond acceptors (Lipinski definition) is 5. The lowest BCUT2D eigenvalue weighted by Gasteiger charge is -2.35. The summed E-state index contributed by atoms with van der Waals surface area (Å²) in [5.74, 6) is 2.61. The normalized spacial score (nSPS) is 19.9. The monoisotopic (exact) mass is 459 g/mol. The summed E-state index contributed by atoms with van der Waals surface area (Å²) in [6, 6.07) is 20.6. The van der Waals surface area contributed by atoms with Crippen molar-refractivity contribution in [2.24, 2.45) is 0 Å². The van der Waals surface area contributed by atoms with E-state index in [9.17, 15) is 5.11 Å². The zero-order chi connectivity index (χ0) is 23.5. The van der Waals surface area contributed by atoms with Crippen molar-refractivity contribution < 1.29 is 19.3 Å². The largest absolute Gasteiger partial charge is 0.508 e. The minimum atomic E-state index is 0.104. The van der Waals surface area contributed by atoms with E-state index in [-0.39, 0.29) is 17.6 Å². The molecule has 2 atom stereocenters. The van der Waals surface area contributed by atoms with Gasteiger partial charge in [-0.3, -0.25) is 0 Å². The van der Waals surface area contributed by atoms with Crippen LogP contribution >= 0.6 is 0 Å². The van der Waals surface area contributed by atoms with Crippen LogP contribution in [0.4, 0.5) is 0 Å². The molecule has 1 saturated heterocycles. The molecule has 1 N–H and O–H groups in total. The first kappa shape index (κ1) is 22.6. The molecule has 0 radical (unpaired) electrons. The molecular weight excluding hydrogens is 426 g/mol. The lowest BCUT2D eigenvalue weighted by molar-refractivity contribution is 0.247. The molecule has 178 valence electrons. The summed E-state index contributed by atoms with van der Waals surface area (Å²) in [6.07, 6.45) is 3.74. The van der Waals surface area contributed by atoms with Gasteiger partial charge in [0.1, 0.15) is 11.5 Å². The Balaban J connectivity index is 1.47. The van der Waals surface area contributed by atoms with Gasteiger partial charge >= 0.3 is 0 Å². The second-order valence-electron chi connectivity index (χ2n) is 9.27. The third-order valence-electron chi connectivity index (χ3n) is 7.24. The summed E-state index contributed by atoms with van der Waals surface area (Å²) in [5.41, 5.74) is 4.85. The van der Waals surface area contributed by atoms with Gasteiger partial charge in [0.25, 0.3) is 0 Å². The summed E-state index contributed by atoms with van der Waals surface area (Å²) in [4.78, 5) is 2.56. The summed E-state index contributed by atoms with van der Waals surface area (Å²) < 4.78 is 17.2. The molecule has 2 aliphatic rings. The molecule has 3 aromatic rings. The Morgan fingerprint density at radius 2 is 1.62 bits per heavy atom. The molecule has 0 saturated carbocycles. The molecule has 2 heterocycles. The van der Waals surface area contributed by atoms with Gasteiger partial charge in [0.15, 0.2) is 11.5 Å². The van der Waals surface area contributed by atoms with Crippen molar-refractivity contribution in [1.29, 1.82) is 0 Å². The molecular formula is C29H33NO4. The second-order valence-corrected chi connectivity index (χ2v) is 9.27. The van der Waals surface area contributed by atoms with Gasteiger partial charge in [-0.05, 0) is 67.2 Å². The maximum atomic E-state index is 10.0. The Morgan fingerprint density at radius 1 is 0.882 bits per heavy atom. The molecule has 5 heteroatoms. The van der Waals surface area contributed by atoms with Crippen molar-refractivity contribution in [2.75, 3.05) is 40.5 Å². The number of fused-ring (bicyclic) bond motifs is 1. The lowest BCUT2D eigenvalue weighted by atomic mass is 9.75. The molecule has 1 fully saturated rings. The standard InChI is InChI=1S/C29H33NO4/c1-32-26-12-9-22(17-28(26)33-2)25-19-34-27-18-23(31)10-11-24(27)29(25)21-7-5-20(6-8-21)13-16-30-14-3-4-15-30/h5-12,17-18,25,29,31H,3-4,13-16,19H2,1-2H3/t25-,29?/m1/s1. The molecule has 34 heavy (non-hydrogen) atoms. The van der Waals surface area contributed by atoms with E-state index in [4.69, 9.17) is 14.2 Å². The van der Waals surface area contributed by atoms with Crippen molar-refractivity contribution >= 4 is 0 Å². The van der Waals surface area contributed by atoms with Crippen molar-refractivity contribution in [3.63, 3.8) is 0 Å². The van der Waals surface area contributed by atoms with Crippen molar-refractivity contribution in [3.05, 3.63) is 82.9 Å². The Labute approximate surface area is 201 Å². The Hall–Kier alpha value is -3.18. The zero-order valence-corrected chi connectivity index (χ0v) is 20.0. The van der Waals surface area contributed by atoms with E-state index in [1.807, 2.05) is 12.1 Å². The highest BCUT2D eigenvalue weighted by Crippen LogP contribution is 2.48. The van der Waals surface area contributed by atoms with Gasteiger partial charge in [0.2, 0.25) is 0 Å². The molecule has 0 spiro atoms. The van der Waals surface area contributed by atoms with Crippen LogP contribution in [0.1, 0.15) is 46.9 Å².